The van der Waals surface area contributed by atoms with Gasteiger partial charge < -0.3 is 9.88 Å². The van der Waals surface area contributed by atoms with Crippen LogP contribution in [-0.2, 0) is 0 Å². The molecule has 0 fully saturated rings. The summed E-state index contributed by atoms with van der Waals surface area (Å²) in [5.74, 6) is -0.201. The molecule has 104 valence electrons. The van der Waals surface area contributed by atoms with E-state index in [1.54, 1.807) is 36.7 Å². The first kappa shape index (κ1) is 13.4. The zero-order chi connectivity index (χ0) is 14.7. The maximum Gasteiger partial charge on any atom is 0.255 e. The van der Waals surface area contributed by atoms with Crippen molar-refractivity contribution in [2.24, 2.45) is 0 Å². The van der Waals surface area contributed by atoms with Gasteiger partial charge in [0.05, 0.1) is 11.4 Å². The quantitative estimate of drug-likeness (QED) is 0.800. The van der Waals surface area contributed by atoms with Crippen LogP contribution < -0.4 is 5.32 Å². The first-order valence-corrected chi connectivity index (χ1v) is 6.76. The van der Waals surface area contributed by atoms with Crippen molar-refractivity contribution >= 4 is 23.2 Å². The highest BCUT2D eigenvalue weighted by molar-refractivity contribution is 6.31. The van der Waals surface area contributed by atoms with E-state index in [0.29, 0.717) is 16.3 Å². The number of benzene rings is 1. The van der Waals surface area contributed by atoms with Gasteiger partial charge in [-0.15, -0.1) is 0 Å². The predicted molar refractivity (Wildman–Crippen MR) is 83.0 cm³/mol. The molecule has 0 radical (unpaired) electrons. The fourth-order valence-corrected chi connectivity index (χ4v) is 2.20. The Bertz CT molecular complexity index is 754. The van der Waals surface area contributed by atoms with Gasteiger partial charge in [0.2, 0.25) is 0 Å². The second-order valence-electron chi connectivity index (χ2n) is 4.44. The van der Waals surface area contributed by atoms with Crippen LogP contribution in [0.15, 0.2) is 67.3 Å². The normalized spacial score (nSPS) is 10.3. The fourth-order valence-electron chi connectivity index (χ4n) is 2.03. The average molecular weight is 298 g/mol. The van der Waals surface area contributed by atoms with E-state index in [4.69, 9.17) is 11.6 Å². The number of nitrogens with zero attached hydrogens (tertiary/aromatic N) is 2. The number of nitrogens with one attached hydrogen (secondary N) is 1. The van der Waals surface area contributed by atoms with Gasteiger partial charge in [-0.05, 0) is 42.5 Å². The van der Waals surface area contributed by atoms with Crippen molar-refractivity contribution in [3.63, 3.8) is 0 Å². The number of halogens is 1. The van der Waals surface area contributed by atoms with Gasteiger partial charge in [-0.3, -0.25) is 9.78 Å². The molecule has 21 heavy (non-hydrogen) atoms. The Balaban J connectivity index is 1.95. The largest absolute Gasteiger partial charge is 0.322 e. The summed E-state index contributed by atoms with van der Waals surface area (Å²) in [6.45, 7) is 0. The molecule has 0 unspecified atom stereocenters. The van der Waals surface area contributed by atoms with E-state index in [2.05, 4.69) is 10.3 Å². The molecule has 0 aliphatic rings. The molecule has 3 rings (SSSR count). The van der Waals surface area contributed by atoms with Gasteiger partial charge in [-0.1, -0.05) is 11.6 Å². The summed E-state index contributed by atoms with van der Waals surface area (Å²) in [6.07, 6.45) is 6.98. The molecule has 2 aromatic heterocycles. The summed E-state index contributed by atoms with van der Waals surface area (Å²) in [5, 5.41) is 3.45. The highest BCUT2D eigenvalue weighted by Gasteiger charge is 2.10. The molecule has 0 aliphatic carbocycles. The minimum absolute atomic E-state index is 0.201. The van der Waals surface area contributed by atoms with Crippen LogP contribution in [0.1, 0.15) is 10.4 Å². The smallest absolute Gasteiger partial charge is 0.255 e. The van der Waals surface area contributed by atoms with Gasteiger partial charge in [0.15, 0.2) is 0 Å². The summed E-state index contributed by atoms with van der Waals surface area (Å²) >= 11 is 6.04. The topological polar surface area (TPSA) is 46.9 Å². The monoisotopic (exact) mass is 297 g/mol. The zero-order valence-corrected chi connectivity index (χ0v) is 11.8. The van der Waals surface area contributed by atoms with Gasteiger partial charge in [0, 0.05) is 35.4 Å². The van der Waals surface area contributed by atoms with Crippen molar-refractivity contribution < 1.29 is 4.79 Å². The minimum Gasteiger partial charge on any atom is -0.322 e. The van der Waals surface area contributed by atoms with Crippen LogP contribution in [0, 0.1) is 0 Å². The number of hydrogen-bond donors (Lipinski definition) is 1. The minimum atomic E-state index is -0.201. The average Bonchev–Trinajstić information content (AvgIpc) is 3.02. The SMILES string of the molecule is O=C(Nc1cc(Cl)ccc1-n1cccc1)c1ccncc1. The van der Waals surface area contributed by atoms with Crippen LogP contribution in [0.2, 0.25) is 5.02 Å². The van der Waals surface area contributed by atoms with Crippen molar-refractivity contribution in [2.75, 3.05) is 5.32 Å². The Labute approximate surface area is 127 Å². The Kier molecular flexibility index (Phi) is 3.71. The summed E-state index contributed by atoms with van der Waals surface area (Å²) < 4.78 is 1.92. The molecule has 5 heteroatoms. The predicted octanol–water partition coefficient (Wildman–Crippen LogP) is 3.78. The number of carbonyl (C=O) groups is 1. The Morgan fingerprint density at radius 3 is 2.52 bits per heavy atom. The Morgan fingerprint density at radius 1 is 1.10 bits per heavy atom. The lowest BCUT2D eigenvalue weighted by atomic mass is 10.2. The van der Waals surface area contributed by atoms with E-state index in [0.717, 1.165) is 5.69 Å². The lowest BCUT2D eigenvalue weighted by Crippen LogP contribution is -2.13. The van der Waals surface area contributed by atoms with E-state index in [1.807, 2.05) is 35.2 Å². The maximum absolute atomic E-state index is 12.3. The van der Waals surface area contributed by atoms with Gasteiger partial charge in [-0.2, -0.15) is 0 Å². The van der Waals surface area contributed by atoms with Gasteiger partial charge >= 0.3 is 0 Å². The molecule has 2 heterocycles. The first-order valence-electron chi connectivity index (χ1n) is 6.38. The van der Waals surface area contributed by atoms with Gasteiger partial charge in [0.25, 0.3) is 5.91 Å². The molecule has 0 spiro atoms. The van der Waals surface area contributed by atoms with Crippen molar-refractivity contribution in [3.8, 4) is 5.69 Å². The molecule has 1 amide bonds. The molecule has 4 nitrogen and oxygen atoms in total. The summed E-state index contributed by atoms with van der Waals surface area (Å²) in [4.78, 5) is 16.2. The number of amides is 1. The molecule has 0 atom stereocenters. The number of rotatable bonds is 3. The van der Waals surface area contributed by atoms with Crippen LogP contribution in [0.3, 0.4) is 0 Å². The number of aromatic nitrogens is 2. The second kappa shape index (κ2) is 5.81. The van der Waals surface area contributed by atoms with Crippen molar-refractivity contribution in [1.82, 2.24) is 9.55 Å². The van der Waals surface area contributed by atoms with Crippen LogP contribution in [0.5, 0.6) is 0 Å². The third kappa shape index (κ3) is 2.95. The van der Waals surface area contributed by atoms with E-state index in [1.165, 1.54) is 0 Å². The molecular formula is C16H12ClN3O. The van der Waals surface area contributed by atoms with Crippen LogP contribution in [0.4, 0.5) is 5.69 Å². The zero-order valence-electron chi connectivity index (χ0n) is 11.0. The number of hydrogen-bond acceptors (Lipinski definition) is 2. The first-order chi connectivity index (χ1) is 10.2. The lowest BCUT2D eigenvalue weighted by molar-refractivity contribution is 0.102. The van der Waals surface area contributed by atoms with E-state index >= 15 is 0 Å². The molecule has 3 aromatic rings. The molecule has 1 N–H and O–H groups in total. The maximum atomic E-state index is 12.3. The van der Waals surface area contributed by atoms with Gasteiger partial charge in [0.1, 0.15) is 0 Å². The van der Waals surface area contributed by atoms with Crippen LogP contribution in [0.25, 0.3) is 5.69 Å². The standard InChI is InChI=1S/C16H12ClN3O/c17-13-3-4-15(20-9-1-2-10-20)14(11-13)19-16(21)12-5-7-18-8-6-12/h1-11H,(H,19,21). The summed E-state index contributed by atoms with van der Waals surface area (Å²) in [5.41, 5.74) is 2.05. The van der Waals surface area contributed by atoms with E-state index in [9.17, 15) is 4.79 Å². The number of anilines is 1. The molecule has 0 saturated carbocycles. The second-order valence-corrected chi connectivity index (χ2v) is 4.88. The van der Waals surface area contributed by atoms with Crippen molar-refractivity contribution in [2.45, 2.75) is 0 Å². The third-order valence-electron chi connectivity index (χ3n) is 3.03. The van der Waals surface area contributed by atoms with Crippen molar-refractivity contribution in [1.29, 1.82) is 0 Å². The van der Waals surface area contributed by atoms with Gasteiger partial charge in [-0.25, -0.2) is 0 Å². The Morgan fingerprint density at radius 2 is 1.81 bits per heavy atom. The molecule has 0 saturated heterocycles. The van der Waals surface area contributed by atoms with Crippen molar-refractivity contribution in [3.05, 3.63) is 77.8 Å². The summed E-state index contributed by atoms with van der Waals surface area (Å²) in [6, 6.07) is 12.6. The van der Waals surface area contributed by atoms with E-state index < -0.39 is 0 Å². The highest BCUT2D eigenvalue weighted by Crippen LogP contribution is 2.25. The molecule has 0 aliphatic heterocycles. The third-order valence-corrected chi connectivity index (χ3v) is 3.27. The number of pyridine rings is 1. The summed E-state index contributed by atoms with van der Waals surface area (Å²) in [7, 11) is 0. The van der Waals surface area contributed by atoms with E-state index in [-0.39, 0.29) is 5.91 Å². The Hall–Kier alpha value is -2.59. The van der Waals surface area contributed by atoms with Crippen LogP contribution >= 0.6 is 11.6 Å². The van der Waals surface area contributed by atoms with Crippen LogP contribution in [-0.4, -0.2) is 15.5 Å². The lowest BCUT2D eigenvalue weighted by Gasteiger charge is -2.12. The number of carbonyl (C=O) groups excluding carboxylic acids is 1. The fraction of sp³-hybridized carbons (Fsp3) is 0. The highest BCUT2D eigenvalue weighted by atomic mass is 35.5. The molecule has 0 bridgehead atoms. The molecular weight excluding hydrogens is 286 g/mol. The molecule has 1 aromatic carbocycles.